The lowest BCUT2D eigenvalue weighted by Crippen LogP contribution is -2.28. The number of nitrogens with zero attached hydrogens (tertiary/aromatic N) is 1. The van der Waals surface area contributed by atoms with E-state index in [1.165, 1.54) is 34.6 Å². The van der Waals surface area contributed by atoms with E-state index >= 15 is 0 Å². The Morgan fingerprint density at radius 3 is 2.38 bits per heavy atom. The number of carbonyl (C=O) groups excluding carboxylic acids is 1. The van der Waals surface area contributed by atoms with Crippen LogP contribution in [-0.4, -0.2) is 31.7 Å². The molecule has 3 rings (SSSR count). The number of carbonyl (C=O) groups is 1. The molecule has 1 fully saturated rings. The van der Waals surface area contributed by atoms with E-state index in [1.54, 1.807) is 19.1 Å². The van der Waals surface area contributed by atoms with Gasteiger partial charge in [0, 0.05) is 25.2 Å². The van der Waals surface area contributed by atoms with Crippen LogP contribution in [0, 0.1) is 12.7 Å². The summed E-state index contributed by atoms with van der Waals surface area (Å²) in [5, 5.41) is 2.75. The molecule has 0 spiro atoms. The summed E-state index contributed by atoms with van der Waals surface area (Å²) in [7, 11) is -3.48. The highest BCUT2D eigenvalue weighted by Crippen LogP contribution is 2.21. The van der Waals surface area contributed by atoms with Gasteiger partial charge >= 0.3 is 0 Å². The van der Waals surface area contributed by atoms with Crippen molar-refractivity contribution in [3.8, 4) is 0 Å². The predicted molar refractivity (Wildman–Crippen MR) is 96.7 cm³/mol. The first-order valence-corrected chi connectivity index (χ1v) is 9.95. The lowest BCUT2D eigenvalue weighted by Gasteiger charge is -2.15. The normalized spacial score (nSPS) is 15.2. The van der Waals surface area contributed by atoms with Crippen LogP contribution in [-0.2, 0) is 16.6 Å². The number of aryl methyl sites for hydroxylation is 1. The van der Waals surface area contributed by atoms with Gasteiger partial charge in [-0.15, -0.1) is 0 Å². The Morgan fingerprint density at radius 2 is 1.77 bits per heavy atom. The summed E-state index contributed by atoms with van der Waals surface area (Å²) in [6.45, 7) is 3.03. The van der Waals surface area contributed by atoms with E-state index in [1.807, 2.05) is 0 Å². The third-order valence-electron chi connectivity index (χ3n) is 4.49. The van der Waals surface area contributed by atoms with Crippen LogP contribution in [0.2, 0.25) is 0 Å². The molecule has 26 heavy (non-hydrogen) atoms. The summed E-state index contributed by atoms with van der Waals surface area (Å²) in [4.78, 5) is 12.4. The third-order valence-corrected chi connectivity index (χ3v) is 6.41. The molecule has 2 aromatic carbocycles. The number of hydrogen-bond acceptors (Lipinski definition) is 3. The standard InChI is InChI=1S/C19H21FN2O3S/c1-14-12-15(4-9-18(14)20)13-21-19(23)16-5-7-17(8-6-16)26(24,25)22-10-2-3-11-22/h4-9,12H,2-3,10-11,13H2,1H3,(H,21,23). The quantitative estimate of drug-likeness (QED) is 0.873. The van der Waals surface area contributed by atoms with E-state index in [2.05, 4.69) is 5.32 Å². The minimum Gasteiger partial charge on any atom is -0.348 e. The van der Waals surface area contributed by atoms with Crippen LogP contribution in [0.15, 0.2) is 47.4 Å². The van der Waals surface area contributed by atoms with E-state index in [-0.39, 0.29) is 23.2 Å². The van der Waals surface area contributed by atoms with E-state index in [0.717, 1.165) is 18.4 Å². The lowest BCUT2D eigenvalue weighted by molar-refractivity contribution is 0.0951. The number of hydrogen-bond donors (Lipinski definition) is 1. The minimum atomic E-state index is -3.48. The molecule has 1 saturated heterocycles. The number of nitrogens with one attached hydrogen (secondary N) is 1. The fourth-order valence-corrected chi connectivity index (χ4v) is 4.47. The highest BCUT2D eigenvalue weighted by Gasteiger charge is 2.27. The monoisotopic (exact) mass is 376 g/mol. The van der Waals surface area contributed by atoms with Gasteiger partial charge in [0.05, 0.1) is 4.90 Å². The van der Waals surface area contributed by atoms with Gasteiger partial charge in [0.25, 0.3) is 5.91 Å². The molecule has 5 nitrogen and oxygen atoms in total. The Morgan fingerprint density at radius 1 is 1.12 bits per heavy atom. The summed E-state index contributed by atoms with van der Waals surface area (Å²) in [6, 6.07) is 10.6. The van der Waals surface area contributed by atoms with Crippen LogP contribution in [0.1, 0.15) is 34.3 Å². The molecule has 0 aromatic heterocycles. The van der Waals surface area contributed by atoms with Crippen LogP contribution in [0.3, 0.4) is 0 Å². The fraction of sp³-hybridized carbons (Fsp3) is 0.316. The average Bonchev–Trinajstić information content (AvgIpc) is 3.18. The number of halogens is 1. The third kappa shape index (κ3) is 3.94. The van der Waals surface area contributed by atoms with Gasteiger partial charge in [-0.3, -0.25) is 4.79 Å². The Balaban J connectivity index is 1.66. The molecule has 0 aliphatic carbocycles. The van der Waals surface area contributed by atoms with Gasteiger partial charge in [-0.1, -0.05) is 12.1 Å². The van der Waals surface area contributed by atoms with Gasteiger partial charge in [0.15, 0.2) is 0 Å². The molecule has 0 saturated carbocycles. The summed E-state index contributed by atoms with van der Waals surface area (Å²) in [6.07, 6.45) is 1.76. The van der Waals surface area contributed by atoms with E-state index < -0.39 is 10.0 Å². The van der Waals surface area contributed by atoms with Crippen molar-refractivity contribution in [2.75, 3.05) is 13.1 Å². The number of amides is 1. The molecule has 2 aromatic rings. The van der Waals surface area contributed by atoms with Crippen LogP contribution in [0.25, 0.3) is 0 Å². The maximum atomic E-state index is 13.3. The molecular formula is C19H21FN2O3S. The first-order valence-electron chi connectivity index (χ1n) is 8.51. The highest BCUT2D eigenvalue weighted by molar-refractivity contribution is 7.89. The highest BCUT2D eigenvalue weighted by atomic mass is 32.2. The number of benzene rings is 2. The first kappa shape index (κ1) is 18.5. The molecule has 0 bridgehead atoms. The van der Waals surface area contributed by atoms with E-state index in [9.17, 15) is 17.6 Å². The van der Waals surface area contributed by atoms with Crippen molar-refractivity contribution < 1.29 is 17.6 Å². The molecule has 0 radical (unpaired) electrons. The minimum absolute atomic E-state index is 0.199. The van der Waals surface area contributed by atoms with Crippen LogP contribution in [0.4, 0.5) is 4.39 Å². The second-order valence-corrected chi connectivity index (χ2v) is 8.34. The van der Waals surface area contributed by atoms with Crippen molar-refractivity contribution in [2.24, 2.45) is 0 Å². The zero-order valence-electron chi connectivity index (χ0n) is 14.5. The topological polar surface area (TPSA) is 66.5 Å². The molecular weight excluding hydrogens is 355 g/mol. The molecule has 1 heterocycles. The van der Waals surface area contributed by atoms with Gasteiger partial charge in [0.1, 0.15) is 5.82 Å². The van der Waals surface area contributed by atoms with Crippen LogP contribution >= 0.6 is 0 Å². The molecule has 1 aliphatic heterocycles. The van der Waals surface area contributed by atoms with Crippen LogP contribution < -0.4 is 5.32 Å². The van der Waals surface area contributed by atoms with Gasteiger partial charge in [0.2, 0.25) is 10.0 Å². The van der Waals surface area contributed by atoms with Crippen molar-refractivity contribution in [1.82, 2.24) is 9.62 Å². The predicted octanol–water partition coefficient (Wildman–Crippen LogP) is 2.85. The maximum absolute atomic E-state index is 13.3. The van der Waals surface area contributed by atoms with Crippen LogP contribution in [0.5, 0.6) is 0 Å². The van der Waals surface area contributed by atoms with Gasteiger partial charge in [-0.05, 0) is 61.2 Å². The summed E-state index contributed by atoms with van der Waals surface area (Å²) in [5.74, 6) is -0.591. The molecule has 0 atom stereocenters. The van der Waals surface area contributed by atoms with E-state index in [4.69, 9.17) is 0 Å². The van der Waals surface area contributed by atoms with Crippen molar-refractivity contribution in [2.45, 2.75) is 31.2 Å². The second-order valence-electron chi connectivity index (χ2n) is 6.40. The summed E-state index contributed by atoms with van der Waals surface area (Å²) < 4.78 is 39.7. The molecule has 1 amide bonds. The van der Waals surface area contributed by atoms with Gasteiger partial charge in [-0.2, -0.15) is 4.31 Å². The Bertz CT molecular complexity index is 905. The van der Waals surface area contributed by atoms with Crippen molar-refractivity contribution in [3.63, 3.8) is 0 Å². The van der Waals surface area contributed by atoms with Crippen molar-refractivity contribution >= 4 is 15.9 Å². The first-order chi connectivity index (χ1) is 12.4. The zero-order chi connectivity index (χ0) is 18.7. The van der Waals surface area contributed by atoms with Crippen molar-refractivity contribution in [3.05, 3.63) is 65.0 Å². The molecule has 0 unspecified atom stereocenters. The Labute approximate surface area is 152 Å². The average molecular weight is 376 g/mol. The van der Waals surface area contributed by atoms with Crippen molar-refractivity contribution in [1.29, 1.82) is 0 Å². The largest absolute Gasteiger partial charge is 0.348 e. The molecule has 1 aliphatic rings. The Kier molecular flexibility index (Phi) is 5.38. The summed E-state index contributed by atoms with van der Waals surface area (Å²) in [5.41, 5.74) is 1.70. The smallest absolute Gasteiger partial charge is 0.251 e. The molecule has 138 valence electrons. The van der Waals surface area contributed by atoms with Gasteiger partial charge < -0.3 is 5.32 Å². The molecule has 7 heteroatoms. The maximum Gasteiger partial charge on any atom is 0.251 e. The number of rotatable bonds is 5. The fourth-order valence-electron chi connectivity index (χ4n) is 2.96. The Hall–Kier alpha value is -2.25. The SMILES string of the molecule is Cc1cc(CNC(=O)c2ccc(S(=O)(=O)N3CCCC3)cc2)ccc1F. The lowest BCUT2D eigenvalue weighted by atomic mass is 10.1. The molecule has 1 N–H and O–H groups in total. The summed E-state index contributed by atoms with van der Waals surface area (Å²) >= 11 is 0. The number of sulfonamides is 1. The van der Waals surface area contributed by atoms with Gasteiger partial charge in [-0.25, -0.2) is 12.8 Å². The second kappa shape index (κ2) is 7.55. The zero-order valence-corrected chi connectivity index (χ0v) is 15.4. The van der Waals surface area contributed by atoms with E-state index in [0.29, 0.717) is 24.2 Å².